The second-order valence-corrected chi connectivity index (χ2v) is 4.99. The lowest BCUT2D eigenvalue weighted by atomic mass is 9.97. The Morgan fingerprint density at radius 1 is 1.00 bits per heavy atom. The summed E-state index contributed by atoms with van der Waals surface area (Å²) in [7, 11) is 0. The van der Waals surface area contributed by atoms with Gasteiger partial charge in [0.25, 0.3) is 0 Å². The number of rotatable bonds is 6. The highest BCUT2D eigenvalue weighted by atomic mass is 15.1. The number of nitrogens with two attached hydrogens (primary N) is 1. The van der Waals surface area contributed by atoms with Crippen molar-refractivity contribution >= 4 is 10.8 Å². The maximum absolute atomic E-state index is 6.39. The first-order valence-corrected chi connectivity index (χ1v) is 7.21. The van der Waals surface area contributed by atoms with E-state index in [-0.39, 0.29) is 6.04 Å². The molecule has 0 aromatic heterocycles. The summed E-state index contributed by atoms with van der Waals surface area (Å²) < 4.78 is 0. The third-order valence-electron chi connectivity index (χ3n) is 3.87. The summed E-state index contributed by atoms with van der Waals surface area (Å²) in [5, 5.41) is 2.57. The topological polar surface area (TPSA) is 29.3 Å². The van der Waals surface area contributed by atoms with Crippen molar-refractivity contribution in [2.45, 2.75) is 26.3 Å². The molecule has 1 atom stereocenters. The van der Waals surface area contributed by atoms with Gasteiger partial charge in [-0.05, 0) is 42.4 Å². The van der Waals surface area contributed by atoms with Gasteiger partial charge in [0.15, 0.2) is 0 Å². The van der Waals surface area contributed by atoms with Crippen LogP contribution in [0, 0.1) is 0 Å². The van der Waals surface area contributed by atoms with Gasteiger partial charge in [0.2, 0.25) is 0 Å². The minimum atomic E-state index is 0.117. The molecule has 19 heavy (non-hydrogen) atoms. The van der Waals surface area contributed by atoms with Gasteiger partial charge in [-0.2, -0.15) is 0 Å². The van der Waals surface area contributed by atoms with Crippen LogP contribution in [0.5, 0.6) is 0 Å². The van der Waals surface area contributed by atoms with Crippen LogP contribution in [-0.4, -0.2) is 24.5 Å². The standard InChI is InChI=1S/C17H24N2/c1-3-19(4-2)13-12-17(18)16-11-7-9-14-8-5-6-10-15(14)16/h5-11,17H,3-4,12-13,18H2,1-2H3. The Kier molecular flexibility index (Phi) is 4.94. The number of benzene rings is 2. The smallest absolute Gasteiger partial charge is 0.0313 e. The first-order valence-electron chi connectivity index (χ1n) is 7.21. The van der Waals surface area contributed by atoms with E-state index >= 15 is 0 Å². The second kappa shape index (κ2) is 6.69. The zero-order valence-electron chi connectivity index (χ0n) is 12.0. The van der Waals surface area contributed by atoms with E-state index in [1.54, 1.807) is 0 Å². The Morgan fingerprint density at radius 2 is 1.68 bits per heavy atom. The lowest BCUT2D eigenvalue weighted by molar-refractivity contribution is 0.291. The van der Waals surface area contributed by atoms with Crippen LogP contribution < -0.4 is 5.73 Å². The zero-order chi connectivity index (χ0) is 13.7. The van der Waals surface area contributed by atoms with Crippen LogP contribution in [0.3, 0.4) is 0 Å². The first-order chi connectivity index (χ1) is 9.26. The van der Waals surface area contributed by atoms with E-state index in [4.69, 9.17) is 5.73 Å². The highest BCUT2D eigenvalue weighted by Gasteiger charge is 2.10. The van der Waals surface area contributed by atoms with Gasteiger partial charge in [-0.1, -0.05) is 56.3 Å². The predicted molar refractivity (Wildman–Crippen MR) is 83.3 cm³/mol. The molecule has 0 spiro atoms. The maximum Gasteiger partial charge on any atom is 0.0313 e. The summed E-state index contributed by atoms with van der Waals surface area (Å²) >= 11 is 0. The van der Waals surface area contributed by atoms with Gasteiger partial charge >= 0.3 is 0 Å². The number of hydrogen-bond acceptors (Lipinski definition) is 2. The molecule has 1 unspecified atom stereocenters. The minimum absolute atomic E-state index is 0.117. The van der Waals surface area contributed by atoms with Gasteiger partial charge in [-0.15, -0.1) is 0 Å². The van der Waals surface area contributed by atoms with Crippen LogP contribution in [0.2, 0.25) is 0 Å². The highest BCUT2D eigenvalue weighted by Crippen LogP contribution is 2.24. The Hall–Kier alpha value is -1.38. The monoisotopic (exact) mass is 256 g/mol. The van der Waals surface area contributed by atoms with Gasteiger partial charge in [-0.25, -0.2) is 0 Å². The fourth-order valence-corrected chi connectivity index (χ4v) is 2.59. The largest absolute Gasteiger partial charge is 0.324 e. The molecule has 102 valence electrons. The lowest BCUT2D eigenvalue weighted by Gasteiger charge is -2.21. The van der Waals surface area contributed by atoms with Crippen molar-refractivity contribution in [3.8, 4) is 0 Å². The molecule has 0 heterocycles. The second-order valence-electron chi connectivity index (χ2n) is 4.99. The van der Waals surface area contributed by atoms with E-state index < -0.39 is 0 Å². The van der Waals surface area contributed by atoms with Gasteiger partial charge < -0.3 is 10.6 Å². The third-order valence-corrected chi connectivity index (χ3v) is 3.87. The number of nitrogens with zero attached hydrogens (tertiary/aromatic N) is 1. The van der Waals surface area contributed by atoms with Gasteiger partial charge in [0.1, 0.15) is 0 Å². The van der Waals surface area contributed by atoms with Crippen LogP contribution >= 0.6 is 0 Å². The average Bonchev–Trinajstić information content (AvgIpc) is 2.47. The van der Waals surface area contributed by atoms with E-state index in [0.717, 1.165) is 26.1 Å². The van der Waals surface area contributed by atoms with Gasteiger partial charge in [0.05, 0.1) is 0 Å². The van der Waals surface area contributed by atoms with E-state index in [0.29, 0.717) is 0 Å². The molecule has 0 fully saturated rings. The van der Waals surface area contributed by atoms with E-state index in [2.05, 4.69) is 61.2 Å². The summed E-state index contributed by atoms with van der Waals surface area (Å²) in [6.07, 6.45) is 1.01. The Bertz CT molecular complexity index is 512. The van der Waals surface area contributed by atoms with Crippen molar-refractivity contribution in [3.05, 3.63) is 48.0 Å². The fraction of sp³-hybridized carbons (Fsp3) is 0.412. The summed E-state index contributed by atoms with van der Waals surface area (Å²) in [6.45, 7) is 7.66. The van der Waals surface area contributed by atoms with Crippen LogP contribution in [0.15, 0.2) is 42.5 Å². The average molecular weight is 256 g/mol. The molecule has 0 bridgehead atoms. The Balaban J connectivity index is 2.15. The van der Waals surface area contributed by atoms with Crippen LogP contribution in [0.25, 0.3) is 10.8 Å². The lowest BCUT2D eigenvalue weighted by Crippen LogP contribution is -2.27. The van der Waals surface area contributed by atoms with Crippen molar-refractivity contribution in [2.75, 3.05) is 19.6 Å². The molecule has 2 rings (SSSR count). The SMILES string of the molecule is CCN(CC)CCC(N)c1cccc2ccccc12. The third kappa shape index (κ3) is 3.34. The van der Waals surface area contributed by atoms with Crippen molar-refractivity contribution in [2.24, 2.45) is 5.73 Å². The summed E-state index contributed by atoms with van der Waals surface area (Å²) in [5.74, 6) is 0. The molecule has 0 aliphatic heterocycles. The molecule has 0 amide bonds. The van der Waals surface area contributed by atoms with Crippen molar-refractivity contribution in [1.29, 1.82) is 0 Å². The molecule has 0 aliphatic rings. The Morgan fingerprint density at radius 3 is 2.42 bits per heavy atom. The Labute approximate surface area is 116 Å². The first kappa shape index (κ1) is 14.0. The van der Waals surface area contributed by atoms with Crippen LogP contribution in [0.1, 0.15) is 31.9 Å². The van der Waals surface area contributed by atoms with Crippen LogP contribution in [0.4, 0.5) is 0 Å². The van der Waals surface area contributed by atoms with Crippen molar-refractivity contribution < 1.29 is 0 Å². The molecule has 0 saturated carbocycles. The van der Waals surface area contributed by atoms with E-state index in [1.807, 2.05) is 0 Å². The molecular formula is C17H24N2. The van der Waals surface area contributed by atoms with Crippen molar-refractivity contribution in [3.63, 3.8) is 0 Å². The predicted octanol–water partition coefficient (Wildman–Crippen LogP) is 3.57. The van der Waals surface area contributed by atoms with Crippen LogP contribution in [-0.2, 0) is 0 Å². The molecule has 0 saturated heterocycles. The molecule has 0 aliphatic carbocycles. The quantitative estimate of drug-likeness (QED) is 0.856. The normalized spacial score (nSPS) is 13.1. The molecule has 0 radical (unpaired) electrons. The minimum Gasteiger partial charge on any atom is -0.324 e. The van der Waals surface area contributed by atoms with E-state index in [1.165, 1.54) is 16.3 Å². The zero-order valence-corrected chi connectivity index (χ0v) is 12.0. The van der Waals surface area contributed by atoms with E-state index in [9.17, 15) is 0 Å². The summed E-state index contributed by atoms with van der Waals surface area (Å²) in [4.78, 5) is 2.42. The number of hydrogen-bond donors (Lipinski definition) is 1. The molecule has 2 nitrogen and oxygen atoms in total. The maximum atomic E-state index is 6.39. The molecule has 2 N–H and O–H groups in total. The van der Waals surface area contributed by atoms with Gasteiger partial charge in [-0.3, -0.25) is 0 Å². The highest BCUT2D eigenvalue weighted by molar-refractivity contribution is 5.86. The fourth-order valence-electron chi connectivity index (χ4n) is 2.59. The molecule has 2 aromatic rings. The molecular weight excluding hydrogens is 232 g/mol. The summed E-state index contributed by atoms with van der Waals surface area (Å²) in [5.41, 5.74) is 7.66. The van der Waals surface area contributed by atoms with Gasteiger partial charge in [0, 0.05) is 6.04 Å². The summed E-state index contributed by atoms with van der Waals surface area (Å²) in [6, 6.07) is 15.0. The van der Waals surface area contributed by atoms with Crippen molar-refractivity contribution in [1.82, 2.24) is 4.90 Å². The molecule has 2 aromatic carbocycles. The number of fused-ring (bicyclic) bond motifs is 1. The molecule has 2 heteroatoms.